The molecule has 2 saturated heterocycles. The zero-order valence-corrected chi connectivity index (χ0v) is 18.8. The summed E-state index contributed by atoms with van der Waals surface area (Å²) < 4.78 is 57.0. The second kappa shape index (κ2) is 11.1. The maximum atomic E-state index is 13.6. The third-order valence-electron chi connectivity index (χ3n) is 5.82. The number of pyridine rings is 1. The molecule has 4 heterocycles. The minimum Gasteiger partial charge on any atom is -0.476 e. The zero-order chi connectivity index (χ0) is 24.8. The Morgan fingerprint density at radius 3 is 2.59 bits per heavy atom. The Morgan fingerprint density at radius 2 is 2.00 bits per heavy atom. The van der Waals surface area contributed by atoms with Crippen LogP contribution in [0, 0.1) is 11.7 Å². The average molecular weight is 505 g/mol. The molecule has 1 atom stereocenters. The molecule has 34 heavy (non-hydrogen) atoms. The molecule has 1 N–H and O–H groups in total. The van der Waals surface area contributed by atoms with Gasteiger partial charge in [-0.25, -0.2) is 19.2 Å². The predicted molar refractivity (Wildman–Crippen MR) is 112 cm³/mol. The lowest BCUT2D eigenvalue weighted by Crippen LogP contribution is -2.49. The molecule has 0 radical (unpaired) electrons. The Kier molecular flexibility index (Phi) is 8.42. The van der Waals surface area contributed by atoms with E-state index in [2.05, 4.69) is 9.97 Å². The van der Waals surface area contributed by atoms with Gasteiger partial charge in [0.05, 0.1) is 17.7 Å². The van der Waals surface area contributed by atoms with E-state index in [1.807, 2.05) is 4.90 Å². The number of carboxylic acids is 1. The van der Waals surface area contributed by atoms with Gasteiger partial charge >= 0.3 is 12.1 Å². The van der Waals surface area contributed by atoms with Gasteiger partial charge in [0.25, 0.3) is 5.91 Å². The van der Waals surface area contributed by atoms with Crippen molar-refractivity contribution in [3.63, 3.8) is 0 Å². The van der Waals surface area contributed by atoms with Crippen molar-refractivity contribution in [3.05, 3.63) is 40.7 Å². The van der Waals surface area contributed by atoms with Crippen LogP contribution in [0.5, 0.6) is 5.88 Å². The van der Waals surface area contributed by atoms with E-state index in [0.29, 0.717) is 31.3 Å². The van der Waals surface area contributed by atoms with Crippen molar-refractivity contribution in [1.82, 2.24) is 14.9 Å². The highest BCUT2D eigenvalue weighted by molar-refractivity contribution is 7.07. The van der Waals surface area contributed by atoms with E-state index in [-0.39, 0.29) is 17.4 Å². The summed E-state index contributed by atoms with van der Waals surface area (Å²) in [6.45, 7) is 2.47. The largest absolute Gasteiger partial charge is 0.490 e. The Bertz CT molecular complexity index is 966. The molecular formula is C21H23F4N3O5S. The van der Waals surface area contributed by atoms with Gasteiger partial charge in [-0.3, -0.25) is 4.79 Å². The molecule has 13 heteroatoms. The van der Waals surface area contributed by atoms with E-state index in [1.165, 1.54) is 23.6 Å². The van der Waals surface area contributed by atoms with E-state index in [0.717, 1.165) is 32.3 Å². The van der Waals surface area contributed by atoms with Crippen LogP contribution in [0.4, 0.5) is 17.6 Å². The van der Waals surface area contributed by atoms with Gasteiger partial charge in [0, 0.05) is 31.3 Å². The molecule has 8 nitrogen and oxygen atoms in total. The summed E-state index contributed by atoms with van der Waals surface area (Å²) in [6, 6.07) is 2.89. The Balaban J connectivity index is 0.000000406. The fourth-order valence-corrected chi connectivity index (χ4v) is 4.61. The first-order valence-corrected chi connectivity index (χ1v) is 11.4. The van der Waals surface area contributed by atoms with E-state index >= 15 is 0 Å². The third kappa shape index (κ3) is 6.41. The second-order valence-electron chi connectivity index (χ2n) is 7.80. The molecule has 2 aromatic heterocycles. The van der Waals surface area contributed by atoms with E-state index in [4.69, 9.17) is 19.4 Å². The summed E-state index contributed by atoms with van der Waals surface area (Å²) in [6.07, 6.45) is -0.186. The van der Waals surface area contributed by atoms with Gasteiger partial charge in [-0.15, -0.1) is 11.3 Å². The maximum Gasteiger partial charge on any atom is 0.490 e. The lowest BCUT2D eigenvalue weighted by atomic mass is 9.78. The molecule has 1 unspecified atom stereocenters. The van der Waals surface area contributed by atoms with Crippen molar-refractivity contribution in [3.8, 4) is 5.88 Å². The van der Waals surface area contributed by atoms with Gasteiger partial charge in [-0.1, -0.05) is 0 Å². The number of aromatic nitrogens is 2. The molecule has 0 bridgehead atoms. The zero-order valence-electron chi connectivity index (χ0n) is 18.0. The number of alkyl halides is 3. The number of nitrogens with zero attached hydrogens (tertiary/aromatic N) is 3. The number of amides is 1. The molecule has 4 rings (SSSR count). The molecule has 2 fully saturated rings. The first-order chi connectivity index (χ1) is 16.1. The van der Waals surface area contributed by atoms with Crippen LogP contribution in [-0.2, 0) is 9.53 Å². The van der Waals surface area contributed by atoms with Gasteiger partial charge in [0.2, 0.25) is 5.88 Å². The number of carbonyl (C=O) groups is 2. The fraction of sp³-hybridized carbons (Fsp3) is 0.524. The Labute approximate surface area is 196 Å². The smallest absolute Gasteiger partial charge is 0.476 e. The number of carbonyl (C=O) groups excluding carboxylic acids is 1. The lowest BCUT2D eigenvalue weighted by molar-refractivity contribution is -0.192. The third-order valence-corrected chi connectivity index (χ3v) is 6.41. The van der Waals surface area contributed by atoms with Crippen LogP contribution in [0.1, 0.15) is 36.2 Å². The highest BCUT2D eigenvalue weighted by Crippen LogP contribution is 2.42. The van der Waals surface area contributed by atoms with Crippen LogP contribution in [-0.4, -0.2) is 69.9 Å². The molecule has 0 saturated carbocycles. The van der Waals surface area contributed by atoms with Gasteiger partial charge < -0.3 is 19.5 Å². The number of aliphatic carboxylic acids is 1. The highest BCUT2D eigenvalue weighted by Gasteiger charge is 2.46. The Morgan fingerprint density at radius 1 is 1.29 bits per heavy atom. The predicted octanol–water partition coefficient (Wildman–Crippen LogP) is 3.79. The summed E-state index contributed by atoms with van der Waals surface area (Å²) in [7, 11) is 0. The van der Waals surface area contributed by atoms with Crippen molar-refractivity contribution < 1.29 is 41.7 Å². The summed E-state index contributed by atoms with van der Waals surface area (Å²) in [5.74, 6) is -2.80. The highest BCUT2D eigenvalue weighted by atomic mass is 32.1. The molecule has 2 aromatic rings. The number of hydrogen-bond acceptors (Lipinski definition) is 7. The second-order valence-corrected chi connectivity index (χ2v) is 8.51. The average Bonchev–Trinajstić information content (AvgIpc) is 3.46. The molecule has 1 spiro atoms. The number of halogens is 4. The van der Waals surface area contributed by atoms with Crippen LogP contribution >= 0.6 is 11.3 Å². The van der Waals surface area contributed by atoms with Crippen molar-refractivity contribution in [2.75, 3.05) is 26.3 Å². The number of piperidine rings is 1. The molecule has 2 aliphatic rings. The van der Waals surface area contributed by atoms with Crippen molar-refractivity contribution >= 4 is 23.2 Å². The summed E-state index contributed by atoms with van der Waals surface area (Å²) in [5, 5.41) is 8.91. The standard InChI is InChI=1S/C19H22FN3O3S.C2HF3O2/c20-15-2-1-7-21-17(15)25-10-3-14-4-11-26-19(14)5-8-23(9-6-19)18(24)16-12-27-13-22-16;3-2(4,5)1(6)7/h1-2,7,12-14H,3-6,8-11H2;(H,6,7). The van der Waals surface area contributed by atoms with E-state index in [9.17, 15) is 22.4 Å². The minimum absolute atomic E-state index is 0.00499. The number of ether oxygens (including phenoxy) is 2. The molecule has 186 valence electrons. The summed E-state index contributed by atoms with van der Waals surface area (Å²) >= 11 is 1.43. The van der Waals surface area contributed by atoms with Gasteiger partial charge in [0.15, 0.2) is 5.82 Å². The van der Waals surface area contributed by atoms with Crippen molar-refractivity contribution in [2.24, 2.45) is 5.92 Å². The number of hydrogen-bond donors (Lipinski definition) is 1. The topological polar surface area (TPSA) is 102 Å². The minimum atomic E-state index is -5.08. The van der Waals surface area contributed by atoms with Crippen LogP contribution in [0.15, 0.2) is 29.2 Å². The summed E-state index contributed by atoms with van der Waals surface area (Å²) in [4.78, 5) is 31.3. The number of likely N-dealkylation sites (tertiary alicyclic amines) is 1. The molecular weight excluding hydrogens is 482 g/mol. The van der Waals surface area contributed by atoms with Gasteiger partial charge in [0.1, 0.15) is 5.69 Å². The molecule has 2 aliphatic heterocycles. The maximum absolute atomic E-state index is 13.6. The molecule has 0 aliphatic carbocycles. The first kappa shape index (κ1) is 25.8. The fourth-order valence-electron chi connectivity index (χ4n) is 4.09. The van der Waals surface area contributed by atoms with Gasteiger partial charge in [-0.05, 0) is 43.7 Å². The summed E-state index contributed by atoms with van der Waals surface area (Å²) in [5.41, 5.74) is 2.00. The van der Waals surface area contributed by atoms with Crippen LogP contribution in [0.2, 0.25) is 0 Å². The van der Waals surface area contributed by atoms with E-state index < -0.39 is 18.0 Å². The van der Waals surface area contributed by atoms with Gasteiger partial charge in [-0.2, -0.15) is 13.2 Å². The van der Waals surface area contributed by atoms with Crippen molar-refractivity contribution in [2.45, 2.75) is 37.5 Å². The SMILES string of the molecule is O=C(O)C(F)(F)F.O=C(c1cscn1)N1CCC2(CC1)OCCC2CCOc1ncccc1F. The number of rotatable bonds is 5. The van der Waals surface area contributed by atoms with E-state index in [1.54, 1.807) is 17.0 Å². The quantitative estimate of drug-likeness (QED) is 0.617. The monoisotopic (exact) mass is 505 g/mol. The van der Waals surface area contributed by atoms with Crippen molar-refractivity contribution in [1.29, 1.82) is 0 Å². The lowest BCUT2D eigenvalue weighted by Gasteiger charge is -2.42. The van der Waals surface area contributed by atoms with Crippen LogP contribution in [0.3, 0.4) is 0 Å². The normalized spacial score (nSPS) is 19.4. The molecule has 1 amide bonds. The molecule has 0 aromatic carbocycles. The number of carboxylic acid groups (broad SMARTS) is 1. The Hall–Kier alpha value is -2.80. The van der Waals surface area contributed by atoms with Crippen LogP contribution < -0.4 is 4.74 Å². The van der Waals surface area contributed by atoms with Crippen LogP contribution in [0.25, 0.3) is 0 Å². The first-order valence-electron chi connectivity index (χ1n) is 10.5. The number of thiazole rings is 1.